The Bertz CT molecular complexity index is 788. The van der Waals surface area contributed by atoms with Crippen LogP contribution < -0.4 is 10.1 Å². The second-order valence-electron chi connectivity index (χ2n) is 5.37. The van der Waals surface area contributed by atoms with E-state index in [9.17, 15) is 31.1 Å². The highest BCUT2D eigenvalue weighted by atomic mass is 35.5. The molecular formula is C17H12ClF6NO2. The molecule has 3 nitrogen and oxygen atoms in total. The summed E-state index contributed by atoms with van der Waals surface area (Å²) in [7, 11) is 0. The second kappa shape index (κ2) is 8.08. The number of amides is 1. The average molecular weight is 412 g/mol. The summed E-state index contributed by atoms with van der Waals surface area (Å²) in [5, 5.41) is 2.31. The summed E-state index contributed by atoms with van der Waals surface area (Å²) in [6.45, 7) is -0.166. The maximum atomic E-state index is 12.8. The van der Waals surface area contributed by atoms with Gasteiger partial charge in [-0.2, -0.15) is 26.3 Å². The Kier molecular flexibility index (Phi) is 6.25. The summed E-state index contributed by atoms with van der Waals surface area (Å²) in [6, 6.07) is 7.25. The van der Waals surface area contributed by atoms with Crippen LogP contribution in [-0.2, 0) is 17.1 Å². The number of hydrogen-bond acceptors (Lipinski definition) is 2. The molecule has 1 amide bonds. The van der Waals surface area contributed by atoms with Gasteiger partial charge in [-0.15, -0.1) is 0 Å². The summed E-state index contributed by atoms with van der Waals surface area (Å²) in [4.78, 5) is 11.8. The van der Waals surface area contributed by atoms with Gasteiger partial charge < -0.3 is 10.1 Å². The van der Waals surface area contributed by atoms with Gasteiger partial charge in [0.15, 0.2) is 0 Å². The number of hydrogen-bond donors (Lipinski definition) is 1. The van der Waals surface area contributed by atoms with E-state index in [2.05, 4.69) is 0 Å². The molecule has 27 heavy (non-hydrogen) atoms. The van der Waals surface area contributed by atoms with E-state index < -0.39 is 35.1 Å². The van der Waals surface area contributed by atoms with Crippen molar-refractivity contribution < 1.29 is 35.9 Å². The molecule has 2 aromatic carbocycles. The minimum atomic E-state index is -4.99. The minimum Gasteiger partial charge on any atom is -0.491 e. The number of alkyl halides is 6. The number of halogens is 7. The van der Waals surface area contributed by atoms with Crippen molar-refractivity contribution >= 4 is 23.2 Å². The van der Waals surface area contributed by atoms with Crippen molar-refractivity contribution in [3.8, 4) is 5.75 Å². The molecule has 0 aliphatic heterocycles. The number of carbonyl (C=O) groups excluding carboxylic acids is 1. The molecule has 0 unspecified atom stereocenters. The molecule has 0 radical (unpaired) electrons. The van der Waals surface area contributed by atoms with Crippen LogP contribution in [0.5, 0.6) is 5.75 Å². The van der Waals surface area contributed by atoms with E-state index in [4.69, 9.17) is 16.3 Å². The van der Waals surface area contributed by atoms with Crippen LogP contribution in [0.2, 0.25) is 5.02 Å². The lowest BCUT2D eigenvalue weighted by molar-refractivity contribution is -0.143. The Morgan fingerprint density at radius 1 is 0.963 bits per heavy atom. The highest BCUT2D eigenvalue weighted by molar-refractivity contribution is 6.32. The van der Waals surface area contributed by atoms with Crippen molar-refractivity contribution in [2.45, 2.75) is 18.8 Å². The van der Waals surface area contributed by atoms with Crippen LogP contribution in [0.15, 0.2) is 42.5 Å². The molecule has 0 atom stereocenters. The van der Waals surface area contributed by atoms with Gasteiger partial charge in [-0.25, -0.2) is 0 Å². The molecule has 0 spiro atoms. The Morgan fingerprint density at radius 2 is 1.52 bits per heavy atom. The number of rotatable bonds is 5. The Morgan fingerprint density at radius 3 is 2.04 bits per heavy atom. The van der Waals surface area contributed by atoms with Gasteiger partial charge in [-0.1, -0.05) is 23.7 Å². The molecule has 0 saturated carbocycles. The summed E-state index contributed by atoms with van der Waals surface area (Å²) < 4.78 is 82.0. The van der Waals surface area contributed by atoms with Crippen molar-refractivity contribution in [2.24, 2.45) is 0 Å². The highest BCUT2D eigenvalue weighted by Gasteiger charge is 2.37. The summed E-state index contributed by atoms with van der Waals surface area (Å²) >= 11 is 5.85. The maximum Gasteiger partial charge on any atom is 0.416 e. The zero-order chi connectivity index (χ0) is 20.2. The van der Waals surface area contributed by atoms with Crippen LogP contribution in [0.25, 0.3) is 0 Å². The zero-order valence-corrected chi connectivity index (χ0v) is 14.2. The predicted molar refractivity (Wildman–Crippen MR) is 86.6 cm³/mol. The number of carbonyl (C=O) groups is 1. The predicted octanol–water partition coefficient (Wildman–Crippen LogP) is 5.79. The second-order valence-corrected chi connectivity index (χ2v) is 5.78. The molecule has 10 heteroatoms. The lowest BCUT2D eigenvalue weighted by Crippen LogP contribution is -2.17. The van der Waals surface area contributed by atoms with E-state index >= 15 is 0 Å². The van der Waals surface area contributed by atoms with Crippen LogP contribution in [0.1, 0.15) is 17.5 Å². The van der Waals surface area contributed by atoms with Gasteiger partial charge in [0.05, 0.1) is 29.2 Å². The number of benzene rings is 2. The molecule has 0 heterocycles. The van der Waals surface area contributed by atoms with Gasteiger partial charge in [0, 0.05) is 5.69 Å². The smallest absolute Gasteiger partial charge is 0.416 e. The van der Waals surface area contributed by atoms with Crippen molar-refractivity contribution in [3.63, 3.8) is 0 Å². The molecule has 2 aromatic rings. The van der Waals surface area contributed by atoms with Crippen molar-refractivity contribution in [1.29, 1.82) is 0 Å². The van der Waals surface area contributed by atoms with Gasteiger partial charge >= 0.3 is 12.4 Å². The molecule has 0 aromatic heterocycles. The number of anilines is 1. The van der Waals surface area contributed by atoms with E-state index in [0.29, 0.717) is 22.9 Å². The first kappa shape index (κ1) is 20.9. The third-order valence-electron chi connectivity index (χ3n) is 3.29. The van der Waals surface area contributed by atoms with Crippen LogP contribution in [0.3, 0.4) is 0 Å². The van der Waals surface area contributed by atoms with Crippen LogP contribution >= 0.6 is 11.6 Å². The van der Waals surface area contributed by atoms with Crippen LogP contribution in [0.4, 0.5) is 32.0 Å². The largest absolute Gasteiger partial charge is 0.491 e. The summed E-state index contributed by atoms with van der Waals surface area (Å²) in [6.07, 6.45) is -10.3. The zero-order valence-electron chi connectivity index (χ0n) is 13.4. The normalized spacial score (nSPS) is 12.0. The fourth-order valence-electron chi connectivity index (χ4n) is 2.07. The van der Waals surface area contributed by atoms with Gasteiger partial charge in [-0.3, -0.25) is 4.79 Å². The van der Waals surface area contributed by atoms with E-state index in [0.717, 1.165) is 0 Å². The highest BCUT2D eigenvalue weighted by Crippen LogP contribution is 2.37. The number of para-hydroxylation sites is 1. The quantitative estimate of drug-likeness (QED) is 0.633. The summed E-state index contributed by atoms with van der Waals surface area (Å²) in [5.74, 6) is -0.514. The van der Waals surface area contributed by atoms with Crippen molar-refractivity contribution in [2.75, 3.05) is 11.9 Å². The van der Waals surface area contributed by atoms with E-state index in [1.807, 2.05) is 5.32 Å². The third-order valence-corrected chi connectivity index (χ3v) is 3.61. The third kappa shape index (κ3) is 6.06. The van der Waals surface area contributed by atoms with Gasteiger partial charge in [0.2, 0.25) is 5.91 Å². The fraction of sp³-hybridized carbons (Fsp3) is 0.235. The molecule has 0 saturated heterocycles. The van der Waals surface area contributed by atoms with Gasteiger partial charge in [-0.05, 0) is 30.3 Å². The fourth-order valence-corrected chi connectivity index (χ4v) is 2.26. The Hall–Kier alpha value is -2.42. The summed E-state index contributed by atoms with van der Waals surface area (Å²) in [5.41, 5.74) is -3.64. The Balaban J connectivity index is 2.07. The standard InChI is InChI=1S/C17H12ClF6NO2/c18-13-3-1-2-4-14(13)27-6-5-15(26)25-12-8-10(16(19,20)21)7-11(9-12)17(22,23)24/h1-4,7-9H,5-6H2,(H,25,26). The number of nitrogens with one attached hydrogen (secondary N) is 1. The molecule has 1 N–H and O–H groups in total. The topological polar surface area (TPSA) is 38.3 Å². The Labute approximate surface area is 154 Å². The van der Waals surface area contributed by atoms with Gasteiger partial charge in [0.1, 0.15) is 5.75 Å². The van der Waals surface area contributed by atoms with E-state index in [1.165, 1.54) is 0 Å². The molecule has 0 aliphatic carbocycles. The molecule has 2 rings (SSSR count). The van der Waals surface area contributed by atoms with Crippen molar-refractivity contribution in [1.82, 2.24) is 0 Å². The maximum absolute atomic E-state index is 12.8. The molecular weight excluding hydrogens is 400 g/mol. The molecule has 146 valence electrons. The first-order valence-corrected chi connectivity index (χ1v) is 7.81. The van der Waals surface area contributed by atoms with Crippen LogP contribution in [0, 0.1) is 0 Å². The monoisotopic (exact) mass is 411 g/mol. The van der Waals surface area contributed by atoms with Crippen molar-refractivity contribution in [3.05, 3.63) is 58.6 Å². The molecule has 0 aliphatic rings. The first-order chi connectivity index (χ1) is 12.5. The molecule has 0 bridgehead atoms. The first-order valence-electron chi connectivity index (χ1n) is 7.43. The molecule has 0 fully saturated rings. The SMILES string of the molecule is O=C(CCOc1ccccc1Cl)Nc1cc(C(F)(F)F)cc(C(F)(F)F)c1. The van der Waals surface area contributed by atoms with E-state index in [1.54, 1.807) is 24.3 Å². The van der Waals surface area contributed by atoms with Crippen LogP contribution in [-0.4, -0.2) is 12.5 Å². The van der Waals surface area contributed by atoms with Gasteiger partial charge in [0.25, 0.3) is 0 Å². The number of ether oxygens (including phenoxy) is 1. The van der Waals surface area contributed by atoms with E-state index in [-0.39, 0.29) is 19.1 Å². The minimum absolute atomic E-state index is 0.0177. The lowest BCUT2D eigenvalue weighted by Gasteiger charge is -2.15. The lowest BCUT2D eigenvalue weighted by atomic mass is 10.1. The average Bonchev–Trinajstić information content (AvgIpc) is 2.54.